The Hall–Kier alpha value is -2.90. The molecule has 5 rings (SSSR count). The maximum absolute atomic E-state index is 11.9. The number of benzene rings is 3. The predicted octanol–water partition coefficient (Wildman–Crippen LogP) is 7.31. The molecule has 0 spiro atoms. The molecule has 2 heterocycles. The van der Waals surface area contributed by atoms with Crippen LogP contribution in [0.2, 0.25) is 16.6 Å². The lowest BCUT2D eigenvalue weighted by molar-refractivity contribution is -0.330. The molecule has 0 aliphatic carbocycles. The molecular formula is C42H58O9Si. The molecule has 2 aliphatic rings. The molecule has 2 aliphatic heterocycles. The van der Waals surface area contributed by atoms with Crippen LogP contribution < -0.4 is 0 Å². The van der Waals surface area contributed by atoms with E-state index in [0.717, 1.165) is 16.7 Å². The van der Waals surface area contributed by atoms with Crippen LogP contribution >= 0.6 is 0 Å². The van der Waals surface area contributed by atoms with Crippen molar-refractivity contribution < 1.29 is 43.1 Å². The second-order valence-electron chi connectivity index (χ2n) is 14.8. The molecule has 2 N–H and O–H groups in total. The molecular weight excluding hydrogens is 677 g/mol. The highest BCUT2D eigenvalue weighted by molar-refractivity contribution is 6.77. The van der Waals surface area contributed by atoms with Crippen molar-refractivity contribution in [3.05, 3.63) is 120 Å². The molecule has 3 aromatic carbocycles. The van der Waals surface area contributed by atoms with E-state index < -0.39 is 57.3 Å². The summed E-state index contributed by atoms with van der Waals surface area (Å²) in [5.74, 6) is 0. The Bertz CT molecular complexity index is 1450. The third-order valence-electron chi connectivity index (χ3n) is 10.3. The zero-order chi connectivity index (χ0) is 37.1. The first-order valence-electron chi connectivity index (χ1n) is 18.7. The lowest BCUT2D eigenvalue weighted by Crippen LogP contribution is -2.62. The van der Waals surface area contributed by atoms with Crippen LogP contribution in [0, 0.1) is 0 Å². The van der Waals surface area contributed by atoms with E-state index in [2.05, 4.69) is 41.5 Å². The van der Waals surface area contributed by atoms with Gasteiger partial charge in [-0.2, -0.15) is 0 Å². The fraction of sp³-hybridized carbons (Fsp3) is 0.524. The smallest absolute Gasteiger partial charge is 0.200 e. The Balaban J connectivity index is 1.35. The monoisotopic (exact) mass is 734 g/mol. The van der Waals surface area contributed by atoms with Crippen LogP contribution in [0.5, 0.6) is 0 Å². The molecule has 0 amide bonds. The van der Waals surface area contributed by atoms with Gasteiger partial charge in [-0.15, -0.1) is 0 Å². The Morgan fingerprint density at radius 2 is 1.12 bits per heavy atom. The van der Waals surface area contributed by atoms with Crippen molar-refractivity contribution in [2.75, 3.05) is 13.2 Å². The van der Waals surface area contributed by atoms with Gasteiger partial charge in [-0.3, -0.25) is 0 Å². The minimum atomic E-state index is -2.21. The van der Waals surface area contributed by atoms with Gasteiger partial charge in [0.15, 0.2) is 6.29 Å². The van der Waals surface area contributed by atoms with E-state index in [-0.39, 0.29) is 26.4 Å². The van der Waals surface area contributed by atoms with Gasteiger partial charge in [0, 0.05) is 0 Å². The number of rotatable bonds is 18. The maximum atomic E-state index is 11.9. The molecule has 0 radical (unpaired) electrons. The van der Waals surface area contributed by atoms with Crippen molar-refractivity contribution in [1.29, 1.82) is 0 Å². The van der Waals surface area contributed by atoms with Crippen LogP contribution in [0.25, 0.3) is 0 Å². The van der Waals surface area contributed by atoms with Gasteiger partial charge in [0.25, 0.3) is 0 Å². The third kappa shape index (κ3) is 10.2. The average molecular weight is 735 g/mol. The molecule has 3 aromatic rings. The minimum absolute atomic E-state index is 0.154. The van der Waals surface area contributed by atoms with Crippen molar-refractivity contribution in [3.8, 4) is 0 Å². The topological polar surface area (TPSA) is 105 Å². The molecule has 9 nitrogen and oxygen atoms in total. The molecule has 0 saturated carbocycles. The SMILES string of the molecule is CC(C)[Si](OCC1OC=CC(OC2OC(COCc3ccccc3)C(OCc3ccccc3)C(OCc3ccccc3)C2O)C1O)(C(C)C)C(C)C. The molecule has 1 fully saturated rings. The summed E-state index contributed by atoms with van der Waals surface area (Å²) in [6.45, 7) is 14.6. The van der Waals surface area contributed by atoms with E-state index in [0.29, 0.717) is 23.2 Å². The van der Waals surface area contributed by atoms with Gasteiger partial charge in [-0.25, -0.2) is 0 Å². The van der Waals surface area contributed by atoms with Gasteiger partial charge in [0.05, 0.1) is 39.3 Å². The number of aliphatic hydroxyl groups excluding tert-OH is 2. The summed E-state index contributed by atoms with van der Waals surface area (Å²) >= 11 is 0. The first-order valence-corrected chi connectivity index (χ1v) is 20.8. The van der Waals surface area contributed by atoms with Crippen LogP contribution in [0.4, 0.5) is 0 Å². The standard InChI is InChI=1S/C42H58O9Si/c1-29(2)52(30(3)4,31(5)6)49-28-36-38(43)35(22-23-46-36)50-42-39(44)41(48-26-34-20-14-9-15-21-34)40(47-25-33-18-12-8-13-19-33)37(51-42)27-45-24-32-16-10-7-11-17-32/h7-23,29-31,35-44H,24-28H2,1-6H3. The van der Waals surface area contributed by atoms with Crippen LogP contribution in [-0.2, 0) is 52.7 Å². The number of ether oxygens (including phenoxy) is 6. The summed E-state index contributed by atoms with van der Waals surface area (Å²) in [6.07, 6.45) is -4.01. The minimum Gasteiger partial charge on any atom is -0.493 e. The second-order valence-corrected chi connectivity index (χ2v) is 20.2. The van der Waals surface area contributed by atoms with Gasteiger partial charge in [-0.1, -0.05) is 133 Å². The molecule has 8 atom stereocenters. The molecule has 10 heteroatoms. The van der Waals surface area contributed by atoms with E-state index in [1.54, 1.807) is 12.3 Å². The first-order chi connectivity index (χ1) is 25.1. The fourth-order valence-corrected chi connectivity index (χ4v) is 13.2. The lowest BCUT2D eigenvalue weighted by Gasteiger charge is -2.46. The normalized spacial score (nSPS) is 26.6. The summed E-state index contributed by atoms with van der Waals surface area (Å²) in [5.41, 5.74) is 4.09. The van der Waals surface area contributed by atoms with Gasteiger partial charge in [0.2, 0.25) is 8.32 Å². The van der Waals surface area contributed by atoms with E-state index in [4.69, 9.17) is 32.8 Å². The Morgan fingerprint density at radius 1 is 0.615 bits per heavy atom. The molecule has 0 aromatic heterocycles. The molecule has 52 heavy (non-hydrogen) atoms. The highest BCUT2D eigenvalue weighted by atomic mass is 28.4. The molecule has 1 saturated heterocycles. The summed E-state index contributed by atoms with van der Waals surface area (Å²) < 4.78 is 44.8. The van der Waals surface area contributed by atoms with Crippen molar-refractivity contribution in [1.82, 2.24) is 0 Å². The van der Waals surface area contributed by atoms with Gasteiger partial charge in [-0.05, 0) is 39.4 Å². The van der Waals surface area contributed by atoms with E-state index in [9.17, 15) is 10.2 Å². The van der Waals surface area contributed by atoms with E-state index in [1.807, 2.05) is 91.0 Å². The zero-order valence-electron chi connectivity index (χ0n) is 31.5. The Morgan fingerprint density at radius 3 is 1.63 bits per heavy atom. The van der Waals surface area contributed by atoms with Crippen LogP contribution in [0.15, 0.2) is 103 Å². The van der Waals surface area contributed by atoms with E-state index >= 15 is 0 Å². The number of aliphatic hydroxyl groups is 2. The number of hydrogen-bond acceptors (Lipinski definition) is 9. The zero-order valence-corrected chi connectivity index (χ0v) is 32.5. The van der Waals surface area contributed by atoms with Gasteiger partial charge >= 0.3 is 0 Å². The van der Waals surface area contributed by atoms with Crippen molar-refractivity contribution >= 4 is 8.32 Å². The molecule has 0 bridgehead atoms. The van der Waals surface area contributed by atoms with Crippen molar-refractivity contribution in [3.63, 3.8) is 0 Å². The summed E-state index contributed by atoms with van der Waals surface area (Å²) in [4.78, 5) is 0. The quantitative estimate of drug-likeness (QED) is 0.130. The van der Waals surface area contributed by atoms with Crippen LogP contribution in [0.1, 0.15) is 58.2 Å². The largest absolute Gasteiger partial charge is 0.493 e. The van der Waals surface area contributed by atoms with E-state index in [1.165, 1.54) is 0 Å². The van der Waals surface area contributed by atoms with Crippen molar-refractivity contribution in [2.45, 2.75) is 127 Å². The third-order valence-corrected chi connectivity index (χ3v) is 16.4. The highest BCUT2D eigenvalue weighted by Crippen LogP contribution is 2.42. The lowest BCUT2D eigenvalue weighted by atomic mass is 9.97. The summed E-state index contributed by atoms with van der Waals surface area (Å²) in [5, 5.41) is 23.5. The van der Waals surface area contributed by atoms with Crippen molar-refractivity contribution in [2.24, 2.45) is 0 Å². The Kier molecular flexibility index (Phi) is 15.1. The highest BCUT2D eigenvalue weighted by Gasteiger charge is 2.50. The Labute approximate surface area is 310 Å². The van der Waals surface area contributed by atoms with Gasteiger partial charge < -0.3 is 43.1 Å². The molecule has 8 unspecified atom stereocenters. The summed E-state index contributed by atoms with van der Waals surface area (Å²) in [7, 11) is -2.21. The van der Waals surface area contributed by atoms with Crippen LogP contribution in [-0.4, -0.2) is 80.8 Å². The second kappa shape index (κ2) is 19.4. The average Bonchev–Trinajstić information content (AvgIpc) is 3.14. The van der Waals surface area contributed by atoms with Gasteiger partial charge in [0.1, 0.15) is 42.7 Å². The predicted molar refractivity (Wildman–Crippen MR) is 203 cm³/mol. The number of hydrogen-bond donors (Lipinski definition) is 2. The first kappa shape index (κ1) is 40.3. The fourth-order valence-electron chi connectivity index (χ4n) is 7.71. The maximum Gasteiger partial charge on any atom is 0.200 e. The summed E-state index contributed by atoms with van der Waals surface area (Å²) in [6, 6.07) is 29.5. The molecule has 284 valence electrons. The van der Waals surface area contributed by atoms with Crippen LogP contribution in [0.3, 0.4) is 0 Å².